The first-order valence-electron chi connectivity index (χ1n) is 9.82. The minimum Gasteiger partial charge on any atom is -0.378 e. The number of ketones is 1. The molecule has 0 saturated carbocycles. The molecule has 7 nitrogen and oxygen atoms in total. The summed E-state index contributed by atoms with van der Waals surface area (Å²) in [6, 6.07) is 16.9. The minimum absolute atomic E-state index is 0.00508. The summed E-state index contributed by atoms with van der Waals surface area (Å²) in [5, 5.41) is 9.83. The Balaban J connectivity index is 1.51. The van der Waals surface area contributed by atoms with Gasteiger partial charge in [0.15, 0.2) is 11.7 Å². The van der Waals surface area contributed by atoms with Crippen molar-refractivity contribution in [1.82, 2.24) is 15.1 Å². The third-order valence-corrected chi connectivity index (χ3v) is 6.03. The Hall–Kier alpha value is -3.10. The highest BCUT2D eigenvalue weighted by molar-refractivity contribution is 7.15. The number of carbonyl (C=O) groups excluding carboxylic acids is 1. The average Bonchev–Trinajstić information content (AvgIpc) is 3.27. The highest BCUT2D eigenvalue weighted by Crippen LogP contribution is 2.30. The number of benzene rings is 2. The number of morpholine rings is 1. The number of nitrogens with two attached hydrogens (primary N) is 1. The second-order valence-corrected chi connectivity index (χ2v) is 8.02. The molecule has 8 heteroatoms. The molecule has 1 aromatic heterocycles. The van der Waals surface area contributed by atoms with Gasteiger partial charge < -0.3 is 15.4 Å². The third-order valence-electron chi connectivity index (χ3n) is 5.03. The van der Waals surface area contributed by atoms with E-state index in [0.29, 0.717) is 35.4 Å². The summed E-state index contributed by atoms with van der Waals surface area (Å²) in [7, 11) is 0. The predicted octanol–water partition coefficient (Wildman–Crippen LogP) is 3.20. The Bertz CT molecular complexity index is 1040. The van der Waals surface area contributed by atoms with Gasteiger partial charge in [0.2, 0.25) is 5.13 Å². The van der Waals surface area contributed by atoms with Crippen LogP contribution >= 0.6 is 11.3 Å². The van der Waals surface area contributed by atoms with Gasteiger partial charge in [0.1, 0.15) is 5.01 Å². The van der Waals surface area contributed by atoms with Crippen molar-refractivity contribution in [3.8, 4) is 0 Å². The van der Waals surface area contributed by atoms with Crippen molar-refractivity contribution >= 4 is 28.2 Å². The summed E-state index contributed by atoms with van der Waals surface area (Å²) in [5.41, 5.74) is 8.44. The fourth-order valence-electron chi connectivity index (χ4n) is 3.26. The number of aromatic nitrogens is 2. The third kappa shape index (κ3) is 4.55. The van der Waals surface area contributed by atoms with Crippen LogP contribution in [0.3, 0.4) is 0 Å². The molecule has 154 valence electrons. The van der Waals surface area contributed by atoms with Crippen LogP contribution in [0, 0.1) is 0 Å². The van der Waals surface area contributed by atoms with Gasteiger partial charge in [-0.1, -0.05) is 66.8 Å². The normalized spacial score (nSPS) is 15.8. The quantitative estimate of drug-likeness (QED) is 0.386. The fraction of sp³-hybridized carbons (Fsp3) is 0.273. The topological polar surface area (TPSA) is 93.7 Å². The van der Waals surface area contributed by atoms with E-state index in [1.54, 1.807) is 0 Å². The maximum atomic E-state index is 12.8. The van der Waals surface area contributed by atoms with Crippen molar-refractivity contribution in [2.45, 2.75) is 12.8 Å². The molecular formula is C22H23N5O2S. The number of nitrogens with zero attached hydrogens (tertiary/aromatic N) is 4. The maximum absolute atomic E-state index is 12.8. The van der Waals surface area contributed by atoms with Crippen molar-refractivity contribution in [1.29, 1.82) is 0 Å². The smallest absolute Gasteiger partial charge is 0.234 e. The molecule has 1 fully saturated rings. The van der Waals surface area contributed by atoms with Crippen LogP contribution < -0.4 is 5.73 Å². The van der Waals surface area contributed by atoms with Crippen molar-refractivity contribution in [3.63, 3.8) is 0 Å². The summed E-state index contributed by atoms with van der Waals surface area (Å²) in [6.07, 6.45) is 0. The van der Waals surface area contributed by atoms with Crippen molar-refractivity contribution < 1.29 is 9.53 Å². The van der Waals surface area contributed by atoms with E-state index in [1.165, 1.54) is 11.3 Å². The molecule has 0 spiro atoms. The predicted molar refractivity (Wildman–Crippen MR) is 117 cm³/mol. The Kier molecular flexibility index (Phi) is 6.15. The van der Waals surface area contributed by atoms with Crippen LogP contribution in [0.4, 0.5) is 5.13 Å². The van der Waals surface area contributed by atoms with E-state index in [9.17, 15) is 4.79 Å². The molecule has 1 unspecified atom stereocenters. The van der Waals surface area contributed by atoms with Crippen LogP contribution in [0.2, 0.25) is 0 Å². The molecule has 1 atom stereocenters. The van der Waals surface area contributed by atoms with Gasteiger partial charge in [-0.05, 0) is 11.6 Å². The second kappa shape index (κ2) is 9.15. The summed E-state index contributed by atoms with van der Waals surface area (Å²) in [4.78, 5) is 19.2. The number of aliphatic imine (C=N–C) groups is 1. The number of guanidine groups is 1. The molecule has 2 N–H and O–H groups in total. The van der Waals surface area contributed by atoms with E-state index in [4.69, 9.17) is 10.5 Å². The van der Waals surface area contributed by atoms with Gasteiger partial charge in [-0.15, -0.1) is 10.2 Å². The molecule has 1 aliphatic rings. The molecule has 1 saturated heterocycles. The molecule has 4 rings (SSSR count). The first-order chi connectivity index (χ1) is 14.6. The molecule has 0 radical (unpaired) electrons. The first-order valence-corrected chi connectivity index (χ1v) is 10.6. The second-order valence-electron chi connectivity index (χ2n) is 7.03. The van der Waals surface area contributed by atoms with Gasteiger partial charge >= 0.3 is 0 Å². The van der Waals surface area contributed by atoms with Crippen molar-refractivity contribution in [2.24, 2.45) is 10.7 Å². The first kappa shape index (κ1) is 20.2. The zero-order valence-corrected chi connectivity index (χ0v) is 17.5. The van der Waals surface area contributed by atoms with E-state index in [1.807, 2.05) is 66.4 Å². The van der Waals surface area contributed by atoms with Gasteiger partial charge in [0, 0.05) is 30.1 Å². The number of hydrogen-bond acceptors (Lipinski definition) is 6. The molecular weight excluding hydrogens is 398 g/mol. The van der Waals surface area contributed by atoms with Gasteiger partial charge in [-0.25, -0.2) is 0 Å². The van der Waals surface area contributed by atoms with Crippen LogP contribution in [0.1, 0.15) is 39.3 Å². The Labute approximate surface area is 179 Å². The van der Waals surface area contributed by atoms with E-state index < -0.39 is 0 Å². The lowest BCUT2D eigenvalue weighted by Gasteiger charge is -2.27. The lowest BCUT2D eigenvalue weighted by atomic mass is 9.96. The van der Waals surface area contributed by atoms with E-state index in [2.05, 4.69) is 15.2 Å². The van der Waals surface area contributed by atoms with Crippen LogP contribution in [0.15, 0.2) is 59.6 Å². The molecule has 30 heavy (non-hydrogen) atoms. The molecule has 2 heterocycles. The van der Waals surface area contributed by atoms with Gasteiger partial charge in [-0.2, -0.15) is 4.99 Å². The molecule has 1 aliphatic heterocycles. The van der Waals surface area contributed by atoms with Crippen molar-refractivity contribution in [3.05, 3.63) is 76.3 Å². The van der Waals surface area contributed by atoms with Crippen LogP contribution in [0.5, 0.6) is 0 Å². The molecule has 0 amide bonds. The SMILES string of the molecule is CC(c1cccc(C(=O)c2ccccc2)c1)c1nnc(N=C(N)N2CCOCC2)s1. The van der Waals surface area contributed by atoms with Gasteiger partial charge in [0.05, 0.1) is 13.2 Å². The summed E-state index contributed by atoms with van der Waals surface area (Å²) < 4.78 is 5.34. The average molecular weight is 422 g/mol. The van der Waals surface area contributed by atoms with Crippen molar-refractivity contribution in [2.75, 3.05) is 26.3 Å². The summed E-state index contributed by atoms with van der Waals surface area (Å²) in [6.45, 7) is 4.78. The van der Waals surface area contributed by atoms with Crippen LogP contribution in [-0.4, -0.2) is 53.1 Å². The molecule has 2 aromatic carbocycles. The number of ether oxygens (including phenoxy) is 1. The summed E-state index contributed by atoms with van der Waals surface area (Å²) >= 11 is 1.41. The van der Waals surface area contributed by atoms with Gasteiger partial charge in [-0.3, -0.25) is 4.79 Å². The monoisotopic (exact) mass is 421 g/mol. The number of carbonyl (C=O) groups is 1. The largest absolute Gasteiger partial charge is 0.378 e. The summed E-state index contributed by atoms with van der Waals surface area (Å²) in [5.74, 6) is 0.425. The lowest BCUT2D eigenvalue weighted by molar-refractivity contribution is 0.0675. The Morgan fingerprint density at radius 3 is 2.60 bits per heavy atom. The van der Waals surface area contributed by atoms with Crippen LogP contribution in [0.25, 0.3) is 0 Å². The lowest BCUT2D eigenvalue weighted by Crippen LogP contribution is -2.44. The number of rotatable bonds is 5. The van der Waals surface area contributed by atoms with Gasteiger partial charge in [0.25, 0.3) is 0 Å². The maximum Gasteiger partial charge on any atom is 0.234 e. The van der Waals surface area contributed by atoms with E-state index in [-0.39, 0.29) is 11.7 Å². The number of hydrogen-bond donors (Lipinski definition) is 1. The Morgan fingerprint density at radius 1 is 1.10 bits per heavy atom. The highest BCUT2D eigenvalue weighted by Gasteiger charge is 2.18. The van der Waals surface area contributed by atoms with Crippen LogP contribution in [-0.2, 0) is 4.74 Å². The zero-order valence-electron chi connectivity index (χ0n) is 16.7. The van der Waals surface area contributed by atoms with E-state index in [0.717, 1.165) is 23.7 Å². The Morgan fingerprint density at radius 2 is 1.83 bits per heavy atom. The molecule has 0 bridgehead atoms. The fourth-order valence-corrected chi connectivity index (χ4v) is 4.06. The standard InChI is InChI=1S/C22H23N5O2S/c1-15(17-8-5-9-18(14-17)19(28)16-6-3-2-4-7-16)20-25-26-22(30-20)24-21(23)27-10-12-29-13-11-27/h2-9,14-15H,10-13H2,1H3,(H2,23,24,26). The highest BCUT2D eigenvalue weighted by atomic mass is 32.1. The molecule has 3 aromatic rings. The molecule has 0 aliphatic carbocycles. The zero-order chi connectivity index (χ0) is 20.9. The minimum atomic E-state index is -0.0143. The van der Waals surface area contributed by atoms with E-state index >= 15 is 0 Å².